The number of hydrogen-bond acceptors (Lipinski definition) is 3. The van der Waals surface area contributed by atoms with E-state index in [4.69, 9.17) is 10.00 Å². The number of benzene rings is 1. The summed E-state index contributed by atoms with van der Waals surface area (Å²) in [5.74, 6) is 5.00. The smallest absolute Gasteiger partial charge is 0.407 e. The van der Waals surface area contributed by atoms with Gasteiger partial charge in [0, 0.05) is 18.5 Å². The van der Waals surface area contributed by atoms with Gasteiger partial charge in [0.25, 0.3) is 0 Å². The van der Waals surface area contributed by atoms with Gasteiger partial charge in [0.1, 0.15) is 17.5 Å². The topological polar surface area (TPSA) is 62.1 Å². The van der Waals surface area contributed by atoms with E-state index in [9.17, 15) is 9.18 Å². The van der Waals surface area contributed by atoms with Gasteiger partial charge in [-0.2, -0.15) is 5.26 Å². The highest BCUT2D eigenvalue weighted by Crippen LogP contribution is 2.08. The normalized spacial score (nSPS) is 10.0. The lowest BCUT2D eigenvalue weighted by atomic mass is 10.1. The first-order chi connectivity index (χ1) is 9.81. The van der Waals surface area contributed by atoms with Crippen LogP contribution in [0.25, 0.3) is 0 Å². The molecule has 1 amide bonds. The van der Waals surface area contributed by atoms with E-state index in [1.165, 1.54) is 12.1 Å². The lowest BCUT2D eigenvalue weighted by Gasteiger charge is -2.19. The van der Waals surface area contributed by atoms with Gasteiger partial charge in [-0.25, -0.2) is 9.18 Å². The second-order valence-electron chi connectivity index (χ2n) is 5.29. The van der Waals surface area contributed by atoms with Gasteiger partial charge in [0.15, 0.2) is 0 Å². The van der Waals surface area contributed by atoms with E-state index < -0.39 is 17.5 Å². The second kappa shape index (κ2) is 7.31. The first kappa shape index (κ1) is 16.5. The Morgan fingerprint density at radius 1 is 1.43 bits per heavy atom. The Bertz CT molecular complexity index is 616. The number of hydrogen-bond donors (Lipinski definition) is 1. The molecule has 0 saturated heterocycles. The Morgan fingerprint density at radius 2 is 2.14 bits per heavy atom. The van der Waals surface area contributed by atoms with Crippen LogP contribution in [0, 0.1) is 29.0 Å². The Hall–Kier alpha value is -2.53. The SMILES string of the molecule is CC(C)(C)OC(=O)NCCC#Cc1ccc(C#N)c(F)c1. The van der Waals surface area contributed by atoms with Crippen molar-refractivity contribution in [2.75, 3.05) is 6.54 Å². The molecule has 0 aliphatic heterocycles. The molecule has 0 fully saturated rings. The summed E-state index contributed by atoms with van der Waals surface area (Å²) in [7, 11) is 0. The van der Waals surface area contributed by atoms with Crippen LogP contribution in [-0.4, -0.2) is 18.2 Å². The van der Waals surface area contributed by atoms with Crippen molar-refractivity contribution in [2.45, 2.75) is 32.8 Å². The lowest BCUT2D eigenvalue weighted by Crippen LogP contribution is -2.32. The summed E-state index contributed by atoms with van der Waals surface area (Å²) in [6.45, 7) is 5.70. The van der Waals surface area contributed by atoms with Gasteiger partial charge in [-0.15, -0.1) is 0 Å². The zero-order valence-electron chi connectivity index (χ0n) is 12.3. The maximum absolute atomic E-state index is 13.3. The zero-order chi connectivity index (χ0) is 15.9. The van der Waals surface area contributed by atoms with Gasteiger partial charge in [-0.1, -0.05) is 11.8 Å². The van der Waals surface area contributed by atoms with Crippen molar-refractivity contribution in [3.63, 3.8) is 0 Å². The van der Waals surface area contributed by atoms with Crippen LogP contribution in [0.4, 0.5) is 9.18 Å². The zero-order valence-corrected chi connectivity index (χ0v) is 12.3. The lowest BCUT2D eigenvalue weighted by molar-refractivity contribution is 0.0529. The minimum Gasteiger partial charge on any atom is -0.444 e. The third kappa shape index (κ3) is 6.44. The van der Waals surface area contributed by atoms with E-state index in [1.807, 2.05) is 0 Å². The number of alkyl carbamates (subject to hydrolysis) is 1. The van der Waals surface area contributed by atoms with Crippen LogP contribution in [-0.2, 0) is 4.74 Å². The number of nitrogens with one attached hydrogen (secondary N) is 1. The highest BCUT2D eigenvalue weighted by Gasteiger charge is 2.15. The Kier molecular flexibility index (Phi) is 5.75. The largest absolute Gasteiger partial charge is 0.444 e. The van der Waals surface area contributed by atoms with Crippen molar-refractivity contribution in [2.24, 2.45) is 0 Å². The Morgan fingerprint density at radius 3 is 2.71 bits per heavy atom. The molecule has 0 heterocycles. The molecule has 110 valence electrons. The summed E-state index contributed by atoms with van der Waals surface area (Å²) in [4.78, 5) is 11.3. The summed E-state index contributed by atoms with van der Waals surface area (Å²) in [5, 5.41) is 11.2. The van der Waals surface area contributed by atoms with Gasteiger partial charge in [-0.05, 0) is 39.0 Å². The minimum atomic E-state index is -0.587. The van der Waals surface area contributed by atoms with Crippen LogP contribution in [0.3, 0.4) is 0 Å². The van der Waals surface area contributed by atoms with Crippen LogP contribution in [0.1, 0.15) is 38.3 Å². The third-order valence-corrected chi connectivity index (χ3v) is 2.24. The van der Waals surface area contributed by atoms with E-state index >= 15 is 0 Å². The first-order valence-electron chi connectivity index (χ1n) is 6.47. The maximum Gasteiger partial charge on any atom is 0.407 e. The summed E-state index contributed by atoms with van der Waals surface area (Å²) in [6.07, 6.45) is -0.0744. The number of rotatable bonds is 2. The fourth-order valence-corrected chi connectivity index (χ4v) is 1.39. The molecule has 1 aromatic rings. The van der Waals surface area contributed by atoms with Gasteiger partial charge < -0.3 is 10.1 Å². The molecule has 0 aliphatic rings. The molecular formula is C16H17FN2O2. The molecule has 0 atom stereocenters. The van der Waals surface area contributed by atoms with Crippen molar-refractivity contribution in [1.82, 2.24) is 5.32 Å². The molecule has 1 N–H and O–H groups in total. The molecule has 4 nitrogen and oxygen atoms in total. The van der Waals surface area contributed by atoms with E-state index in [0.717, 1.165) is 0 Å². The van der Waals surface area contributed by atoms with Crippen molar-refractivity contribution in [3.05, 3.63) is 35.1 Å². The molecule has 5 heteroatoms. The molecule has 0 spiro atoms. The number of amides is 1. The fourth-order valence-electron chi connectivity index (χ4n) is 1.39. The van der Waals surface area contributed by atoms with E-state index in [1.54, 1.807) is 32.9 Å². The third-order valence-electron chi connectivity index (χ3n) is 2.24. The molecule has 0 saturated carbocycles. The second-order valence-corrected chi connectivity index (χ2v) is 5.29. The Balaban J connectivity index is 2.42. The molecule has 21 heavy (non-hydrogen) atoms. The highest BCUT2D eigenvalue weighted by molar-refractivity contribution is 5.67. The highest BCUT2D eigenvalue weighted by atomic mass is 19.1. The van der Waals surface area contributed by atoms with Crippen molar-refractivity contribution in [1.29, 1.82) is 5.26 Å². The van der Waals surface area contributed by atoms with Gasteiger partial charge in [-0.3, -0.25) is 0 Å². The molecule has 0 radical (unpaired) electrons. The number of halogens is 1. The predicted molar refractivity (Wildman–Crippen MR) is 76.8 cm³/mol. The van der Waals surface area contributed by atoms with Crippen molar-refractivity contribution < 1.29 is 13.9 Å². The van der Waals surface area contributed by atoms with Gasteiger partial charge in [0.05, 0.1) is 5.56 Å². The maximum atomic E-state index is 13.3. The summed E-state index contributed by atoms with van der Waals surface area (Å²) in [5.41, 5.74) is -0.0496. The summed E-state index contributed by atoms with van der Waals surface area (Å²) < 4.78 is 18.4. The summed E-state index contributed by atoms with van der Waals surface area (Å²) in [6, 6.07) is 5.93. The monoisotopic (exact) mass is 288 g/mol. The fraction of sp³-hybridized carbons (Fsp3) is 0.375. The van der Waals surface area contributed by atoms with Gasteiger partial charge >= 0.3 is 6.09 Å². The van der Waals surface area contributed by atoms with E-state index in [0.29, 0.717) is 18.5 Å². The van der Waals surface area contributed by atoms with E-state index in [2.05, 4.69) is 17.2 Å². The molecule has 0 bridgehead atoms. The predicted octanol–water partition coefficient (Wildman–Crippen LogP) is 2.96. The quantitative estimate of drug-likeness (QED) is 0.672. The molecule has 1 aromatic carbocycles. The molecule has 0 aromatic heterocycles. The molecule has 0 unspecified atom stereocenters. The molecular weight excluding hydrogens is 271 g/mol. The minimum absolute atomic E-state index is 0.00728. The summed E-state index contributed by atoms with van der Waals surface area (Å²) >= 11 is 0. The molecule has 0 aliphatic carbocycles. The molecule has 1 rings (SSSR count). The van der Waals surface area contributed by atoms with Crippen LogP contribution < -0.4 is 5.32 Å². The van der Waals surface area contributed by atoms with Crippen LogP contribution in [0.15, 0.2) is 18.2 Å². The number of carbonyl (C=O) groups excluding carboxylic acids is 1. The number of carbonyl (C=O) groups is 1. The van der Waals surface area contributed by atoms with Crippen LogP contribution in [0.2, 0.25) is 0 Å². The number of ether oxygens (including phenoxy) is 1. The number of nitrogens with zero attached hydrogens (tertiary/aromatic N) is 1. The van der Waals surface area contributed by atoms with Crippen molar-refractivity contribution in [3.8, 4) is 17.9 Å². The standard InChI is InChI=1S/C16H17FN2O2/c1-16(2,3)21-15(20)19-9-5-4-6-12-7-8-13(11-18)14(17)10-12/h7-8,10H,5,9H2,1-3H3,(H,19,20). The van der Waals surface area contributed by atoms with Crippen LogP contribution >= 0.6 is 0 Å². The average molecular weight is 288 g/mol. The van der Waals surface area contributed by atoms with Crippen LogP contribution in [0.5, 0.6) is 0 Å². The van der Waals surface area contributed by atoms with Gasteiger partial charge in [0.2, 0.25) is 0 Å². The van der Waals surface area contributed by atoms with E-state index in [-0.39, 0.29) is 5.56 Å². The van der Waals surface area contributed by atoms with Crippen molar-refractivity contribution >= 4 is 6.09 Å². The average Bonchev–Trinajstić information content (AvgIpc) is 2.36. The first-order valence-corrected chi connectivity index (χ1v) is 6.47. The number of nitriles is 1. The Labute approximate surface area is 123 Å².